The SMILES string of the molecule is Cn1c(=O)c2[nH]c(N3CC4CNCC4C3)nc2n(C)c1=O. The number of rotatable bonds is 1. The maximum atomic E-state index is 12.2. The molecule has 2 aliphatic rings. The lowest BCUT2D eigenvalue weighted by molar-refractivity contribution is 0.533. The van der Waals surface area contributed by atoms with Gasteiger partial charge in [-0.2, -0.15) is 4.98 Å². The van der Waals surface area contributed by atoms with Crippen LogP contribution >= 0.6 is 0 Å². The lowest BCUT2D eigenvalue weighted by Gasteiger charge is -2.15. The van der Waals surface area contributed by atoms with Crippen LogP contribution in [-0.4, -0.2) is 45.3 Å². The monoisotopic (exact) mass is 290 g/mol. The van der Waals surface area contributed by atoms with Crippen LogP contribution in [0.2, 0.25) is 0 Å². The zero-order chi connectivity index (χ0) is 14.7. The summed E-state index contributed by atoms with van der Waals surface area (Å²) < 4.78 is 2.52. The van der Waals surface area contributed by atoms with Gasteiger partial charge >= 0.3 is 5.69 Å². The van der Waals surface area contributed by atoms with E-state index in [1.54, 1.807) is 7.05 Å². The van der Waals surface area contributed by atoms with Gasteiger partial charge in [-0.05, 0) is 11.8 Å². The second kappa shape index (κ2) is 4.20. The van der Waals surface area contributed by atoms with Gasteiger partial charge in [0, 0.05) is 40.3 Å². The van der Waals surface area contributed by atoms with Crippen LogP contribution in [0.25, 0.3) is 11.2 Å². The van der Waals surface area contributed by atoms with Crippen molar-refractivity contribution in [2.75, 3.05) is 31.1 Å². The third kappa shape index (κ3) is 1.68. The van der Waals surface area contributed by atoms with Crippen LogP contribution in [0.3, 0.4) is 0 Å². The molecule has 0 bridgehead atoms. The average Bonchev–Trinajstić information content (AvgIpc) is 3.14. The largest absolute Gasteiger partial charge is 0.342 e. The van der Waals surface area contributed by atoms with Crippen molar-refractivity contribution in [1.29, 1.82) is 0 Å². The van der Waals surface area contributed by atoms with E-state index in [9.17, 15) is 9.59 Å². The highest BCUT2D eigenvalue weighted by atomic mass is 16.2. The maximum absolute atomic E-state index is 12.2. The number of anilines is 1. The number of aromatic nitrogens is 4. The molecule has 2 N–H and O–H groups in total. The second-order valence-electron chi connectivity index (χ2n) is 6.05. The lowest BCUT2D eigenvalue weighted by atomic mass is 10.0. The topological polar surface area (TPSA) is 87.9 Å². The molecule has 4 heterocycles. The van der Waals surface area contributed by atoms with Crippen molar-refractivity contribution in [3.05, 3.63) is 20.8 Å². The first kappa shape index (κ1) is 12.6. The third-order valence-corrected chi connectivity index (χ3v) is 4.77. The lowest BCUT2D eigenvalue weighted by Crippen LogP contribution is -2.36. The molecule has 0 spiro atoms. The first-order chi connectivity index (χ1) is 10.1. The van der Waals surface area contributed by atoms with Crippen molar-refractivity contribution in [2.24, 2.45) is 25.9 Å². The molecule has 2 fully saturated rings. The van der Waals surface area contributed by atoms with Gasteiger partial charge in [-0.15, -0.1) is 0 Å². The molecule has 2 aromatic heterocycles. The Hall–Kier alpha value is -2.09. The molecule has 2 atom stereocenters. The fourth-order valence-electron chi connectivity index (χ4n) is 3.49. The van der Waals surface area contributed by atoms with Gasteiger partial charge in [0.2, 0.25) is 5.95 Å². The Balaban J connectivity index is 1.82. The van der Waals surface area contributed by atoms with Gasteiger partial charge in [0.25, 0.3) is 5.56 Å². The van der Waals surface area contributed by atoms with Crippen LogP contribution < -0.4 is 21.5 Å². The molecular weight excluding hydrogens is 272 g/mol. The van der Waals surface area contributed by atoms with E-state index in [0.29, 0.717) is 28.9 Å². The van der Waals surface area contributed by atoms with E-state index in [1.165, 1.54) is 11.6 Å². The quantitative estimate of drug-likeness (QED) is 0.675. The number of H-pyrrole nitrogens is 1. The molecule has 2 aliphatic heterocycles. The van der Waals surface area contributed by atoms with Crippen molar-refractivity contribution in [3.63, 3.8) is 0 Å². The van der Waals surface area contributed by atoms with Crippen molar-refractivity contribution in [3.8, 4) is 0 Å². The van der Waals surface area contributed by atoms with E-state index in [1.807, 2.05) is 0 Å². The van der Waals surface area contributed by atoms with Crippen molar-refractivity contribution in [2.45, 2.75) is 0 Å². The summed E-state index contributed by atoms with van der Waals surface area (Å²) in [6.07, 6.45) is 0. The number of imidazole rings is 1. The predicted octanol–water partition coefficient (Wildman–Crippen LogP) is -1.38. The normalized spacial score (nSPS) is 25.0. The maximum Gasteiger partial charge on any atom is 0.332 e. The van der Waals surface area contributed by atoms with E-state index in [4.69, 9.17) is 0 Å². The van der Waals surface area contributed by atoms with Gasteiger partial charge in [-0.3, -0.25) is 13.9 Å². The van der Waals surface area contributed by atoms with Gasteiger partial charge in [-0.25, -0.2) is 4.79 Å². The standard InChI is InChI=1S/C13H18N6O2/c1-17-10-9(11(20)18(2)13(17)21)15-12(16-10)19-5-7-3-14-4-8(7)6-19/h7-8,14H,3-6H2,1-2H3,(H,15,16). The minimum Gasteiger partial charge on any atom is -0.342 e. The van der Waals surface area contributed by atoms with Gasteiger partial charge in [0.05, 0.1) is 0 Å². The number of nitrogens with one attached hydrogen (secondary N) is 2. The molecule has 0 radical (unpaired) electrons. The summed E-state index contributed by atoms with van der Waals surface area (Å²) in [6, 6.07) is 0. The molecule has 112 valence electrons. The highest BCUT2D eigenvalue weighted by Gasteiger charge is 2.37. The number of aromatic amines is 1. The van der Waals surface area contributed by atoms with E-state index in [-0.39, 0.29) is 11.2 Å². The highest BCUT2D eigenvalue weighted by molar-refractivity contribution is 5.73. The highest BCUT2D eigenvalue weighted by Crippen LogP contribution is 2.29. The van der Waals surface area contributed by atoms with E-state index in [0.717, 1.165) is 30.7 Å². The number of aryl methyl sites for hydroxylation is 1. The molecule has 2 aromatic rings. The average molecular weight is 290 g/mol. The molecule has 4 rings (SSSR count). The molecule has 0 aromatic carbocycles. The number of hydrogen-bond acceptors (Lipinski definition) is 5. The summed E-state index contributed by atoms with van der Waals surface area (Å²) in [5.41, 5.74) is 0.138. The van der Waals surface area contributed by atoms with Crippen molar-refractivity contribution < 1.29 is 0 Å². The van der Waals surface area contributed by atoms with Gasteiger partial charge in [-0.1, -0.05) is 0 Å². The molecular formula is C13H18N6O2. The Kier molecular flexibility index (Phi) is 2.53. The first-order valence-corrected chi connectivity index (χ1v) is 7.17. The summed E-state index contributed by atoms with van der Waals surface area (Å²) in [6.45, 7) is 3.96. The van der Waals surface area contributed by atoms with Crippen molar-refractivity contribution in [1.82, 2.24) is 24.4 Å². The van der Waals surface area contributed by atoms with Crippen molar-refractivity contribution >= 4 is 17.1 Å². The summed E-state index contributed by atoms with van der Waals surface area (Å²) >= 11 is 0. The smallest absolute Gasteiger partial charge is 0.332 e. The Labute approximate surface area is 120 Å². The Morgan fingerprint density at radius 1 is 1.10 bits per heavy atom. The van der Waals surface area contributed by atoms with Gasteiger partial charge in [0.15, 0.2) is 11.2 Å². The van der Waals surface area contributed by atoms with Crippen LogP contribution in [-0.2, 0) is 14.1 Å². The van der Waals surface area contributed by atoms with Crippen LogP contribution in [0.5, 0.6) is 0 Å². The molecule has 8 heteroatoms. The summed E-state index contributed by atoms with van der Waals surface area (Å²) in [4.78, 5) is 33.9. The number of hydrogen-bond donors (Lipinski definition) is 2. The summed E-state index contributed by atoms with van der Waals surface area (Å²) in [5, 5.41) is 3.40. The Morgan fingerprint density at radius 3 is 2.43 bits per heavy atom. The number of nitrogens with zero attached hydrogens (tertiary/aromatic N) is 4. The summed E-state index contributed by atoms with van der Waals surface area (Å²) in [5.74, 6) is 1.98. The molecule has 0 amide bonds. The number of fused-ring (bicyclic) bond motifs is 2. The molecule has 2 unspecified atom stereocenters. The third-order valence-electron chi connectivity index (χ3n) is 4.77. The second-order valence-corrected chi connectivity index (χ2v) is 6.05. The van der Waals surface area contributed by atoms with E-state index in [2.05, 4.69) is 20.2 Å². The molecule has 0 saturated carbocycles. The van der Waals surface area contributed by atoms with Gasteiger partial charge < -0.3 is 15.2 Å². The fraction of sp³-hybridized carbons (Fsp3) is 0.615. The van der Waals surface area contributed by atoms with Gasteiger partial charge in [0.1, 0.15) is 0 Å². The zero-order valence-corrected chi connectivity index (χ0v) is 12.1. The molecule has 2 saturated heterocycles. The van der Waals surface area contributed by atoms with Crippen LogP contribution in [0.4, 0.5) is 5.95 Å². The van der Waals surface area contributed by atoms with Crippen LogP contribution in [0, 0.1) is 11.8 Å². The van der Waals surface area contributed by atoms with E-state index < -0.39 is 0 Å². The molecule has 0 aliphatic carbocycles. The minimum atomic E-state index is -0.354. The van der Waals surface area contributed by atoms with Crippen LogP contribution in [0.15, 0.2) is 9.59 Å². The van der Waals surface area contributed by atoms with E-state index >= 15 is 0 Å². The Bertz CT molecular complexity index is 820. The minimum absolute atomic E-state index is 0.326. The predicted molar refractivity (Wildman–Crippen MR) is 78.6 cm³/mol. The fourth-order valence-corrected chi connectivity index (χ4v) is 3.49. The van der Waals surface area contributed by atoms with Crippen LogP contribution in [0.1, 0.15) is 0 Å². The zero-order valence-electron chi connectivity index (χ0n) is 12.1. The molecule has 21 heavy (non-hydrogen) atoms. The first-order valence-electron chi connectivity index (χ1n) is 7.17. The molecule has 8 nitrogen and oxygen atoms in total. The summed E-state index contributed by atoms with van der Waals surface area (Å²) in [7, 11) is 3.12. The Morgan fingerprint density at radius 2 is 1.76 bits per heavy atom.